The Morgan fingerprint density at radius 3 is 2.70 bits per heavy atom. The Morgan fingerprint density at radius 2 is 2.40 bits per heavy atom. The lowest BCUT2D eigenvalue weighted by molar-refractivity contribution is -0.132. The van der Waals surface area contributed by atoms with Crippen molar-refractivity contribution in [3.63, 3.8) is 0 Å². The molecule has 0 amide bonds. The van der Waals surface area contributed by atoms with Gasteiger partial charge in [-0.2, -0.15) is 0 Å². The van der Waals surface area contributed by atoms with Crippen LogP contribution in [0, 0.1) is 0 Å². The van der Waals surface area contributed by atoms with Gasteiger partial charge in [0.1, 0.15) is 0 Å². The molecular formula is C6H8ClNO2. The van der Waals surface area contributed by atoms with Crippen molar-refractivity contribution in [1.29, 1.82) is 0 Å². The van der Waals surface area contributed by atoms with E-state index in [1.54, 1.807) is 12.3 Å². The van der Waals surface area contributed by atoms with Crippen molar-refractivity contribution >= 4 is 18.4 Å². The summed E-state index contributed by atoms with van der Waals surface area (Å²) in [6.45, 7) is 0.609. The zero-order valence-corrected chi connectivity index (χ0v) is 6.02. The Morgan fingerprint density at radius 1 is 1.70 bits per heavy atom. The van der Waals surface area contributed by atoms with Gasteiger partial charge in [-0.15, -0.1) is 12.4 Å². The van der Waals surface area contributed by atoms with E-state index in [2.05, 4.69) is 5.32 Å². The molecule has 3 nitrogen and oxygen atoms in total. The molecule has 0 aromatic carbocycles. The zero-order valence-electron chi connectivity index (χ0n) is 5.20. The largest absolute Gasteiger partial charge is 0.478 e. The number of aliphatic carboxylic acids is 1. The van der Waals surface area contributed by atoms with Gasteiger partial charge in [0.05, 0.1) is 5.57 Å². The fourth-order valence-corrected chi connectivity index (χ4v) is 0.612. The molecule has 0 aromatic rings. The summed E-state index contributed by atoms with van der Waals surface area (Å²) in [6.07, 6.45) is 4.79. The predicted octanol–water partition coefficient (Wildman–Crippen LogP) is 0.536. The van der Waals surface area contributed by atoms with E-state index in [0.717, 1.165) is 0 Å². The van der Waals surface area contributed by atoms with Crippen LogP contribution in [0.1, 0.15) is 0 Å². The molecule has 56 valence electrons. The molecule has 0 saturated carbocycles. The van der Waals surface area contributed by atoms with Gasteiger partial charge in [0, 0.05) is 6.54 Å². The van der Waals surface area contributed by atoms with Crippen LogP contribution in [-0.4, -0.2) is 17.6 Å². The van der Waals surface area contributed by atoms with Crippen molar-refractivity contribution in [2.45, 2.75) is 0 Å². The number of carboxylic acid groups (broad SMARTS) is 1. The van der Waals surface area contributed by atoms with Gasteiger partial charge < -0.3 is 10.4 Å². The van der Waals surface area contributed by atoms with Gasteiger partial charge in [0.25, 0.3) is 0 Å². The molecule has 0 radical (unpaired) electrons. The molecule has 4 heteroatoms. The van der Waals surface area contributed by atoms with Crippen molar-refractivity contribution < 1.29 is 9.90 Å². The standard InChI is InChI=1S/C6H7NO2.ClH/c8-6(9)5-1-3-7-4-2-5;/h1-3,7H,4H2,(H,8,9);1H. The van der Waals surface area contributed by atoms with E-state index in [9.17, 15) is 4.79 Å². The summed E-state index contributed by atoms with van der Waals surface area (Å²) >= 11 is 0. The molecule has 0 bridgehead atoms. The molecule has 2 N–H and O–H groups in total. The molecule has 0 spiro atoms. The Kier molecular flexibility index (Phi) is 3.57. The number of hydrogen-bond acceptors (Lipinski definition) is 2. The molecule has 0 fully saturated rings. The van der Waals surface area contributed by atoms with Gasteiger partial charge in [0.15, 0.2) is 0 Å². The highest BCUT2D eigenvalue weighted by Gasteiger charge is 2.02. The lowest BCUT2D eigenvalue weighted by Crippen LogP contribution is -2.12. The van der Waals surface area contributed by atoms with E-state index >= 15 is 0 Å². The number of halogens is 1. The van der Waals surface area contributed by atoms with Crippen LogP contribution in [0.4, 0.5) is 0 Å². The van der Waals surface area contributed by atoms with Crippen molar-refractivity contribution in [2.75, 3.05) is 6.54 Å². The van der Waals surface area contributed by atoms with Gasteiger partial charge in [0.2, 0.25) is 0 Å². The highest BCUT2D eigenvalue weighted by Crippen LogP contribution is 1.98. The SMILES string of the molecule is Cl.O=C(O)C1=CCNC=C1. The van der Waals surface area contributed by atoms with Crippen LogP contribution in [0.15, 0.2) is 23.9 Å². The van der Waals surface area contributed by atoms with Gasteiger partial charge in [-0.3, -0.25) is 0 Å². The third kappa shape index (κ3) is 2.11. The first kappa shape index (κ1) is 9.04. The molecule has 0 saturated heterocycles. The zero-order chi connectivity index (χ0) is 6.69. The summed E-state index contributed by atoms with van der Waals surface area (Å²) < 4.78 is 0. The maximum Gasteiger partial charge on any atom is 0.335 e. The van der Waals surface area contributed by atoms with E-state index in [4.69, 9.17) is 5.11 Å². The number of rotatable bonds is 1. The van der Waals surface area contributed by atoms with E-state index < -0.39 is 5.97 Å². The average Bonchev–Trinajstić information content (AvgIpc) is 1.90. The maximum atomic E-state index is 10.2. The molecule has 1 aliphatic rings. The minimum Gasteiger partial charge on any atom is -0.478 e. The summed E-state index contributed by atoms with van der Waals surface area (Å²) in [4.78, 5) is 10.2. The Hall–Kier alpha value is -0.960. The molecule has 0 aromatic heterocycles. The first-order valence-corrected chi connectivity index (χ1v) is 2.64. The van der Waals surface area contributed by atoms with Gasteiger partial charge >= 0.3 is 5.97 Å². The van der Waals surface area contributed by atoms with E-state index in [1.807, 2.05) is 0 Å². The molecule has 1 aliphatic heterocycles. The second kappa shape index (κ2) is 3.95. The summed E-state index contributed by atoms with van der Waals surface area (Å²) in [5, 5.41) is 11.2. The lowest BCUT2D eigenvalue weighted by atomic mass is 10.2. The van der Waals surface area contributed by atoms with Crippen LogP contribution >= 0.6 is 12.4 Å². The molecule has 0 atom stereocenters. The molecular weight excluding hydrogens is 154 g/mol. The minimum absolute atomic E-state index is 0. The van der Waals surface area contributed by atoms with Crippen molar-refractivity contribution in [2.24, 2.45) is 0 Å². The minimum atomic E-state index is -0.868. The fraction of sp³-hybridized carbons (Fsp3) is 0.167. The summed E-state index contributed by atoms with van der Waals surface area (Å²) in [6, 6.07) is 0. The third-order valence-electron chi connectivity index (χ3n) is 1.07. The van der Waals surface area contributed by atoms with Gasteiger partial charge in [-0.1, -0.05) is 6.08 Å². The van der Waals surface area contributed by atoms with Crippen molar-refractivity contribution in [3.05, 3.63) is 23.9 Å². The van der Waals surface area contributed by atoms with Crippen molar-refractivity contribution in [3.8, 4) is 0 Å². The molecule has 10 heavy (non-hydrogen) atoms. The monoisotopic (exact) mass is 161 g/mol. The average molecular weight is 162 g/mol. The topological polar surface area (TPSA) is 49.3 Å². The smallest absolute Gasteiger partial charge is 0.335 e. The Balaban J connectivity index is 0.000000810. The summed E-state index contributed by atoms with van der Waals surface area (Å²) in [5.74, 6) is -0.868. The normalized spacial score (nSPS) is 14.6. The third-order valence-corrected chi connectivity index (χ3v) is 1.07. The predicted molar refractivity (Wildman–Crippen MR) is 40.1 cm³/mol. The number of dihydropyridines is 1. The van der Waals surface area contributed by atoms with E-state index in [1.165, 1.54) is 6.08 Å². The molecule has 0 aliphatic carbocycles. The molecule has 0 unspecified atom stereocenters. The van der Waals surface area contributed by atoms with Crippen LogP contribution in [0.3, 0.4) is 0 Å². The van der Waals surface area contributed by atoms with Crippen LogP contribution in [0.25, 0.3) is 0 Å². The van der Waals surface area contributed by atoms with E-state index in [0.29, 0.717) is 12.1 Å². The van der Waals surface area contributed by atoms with Crippen LogP contribution < -0.4 is 5.32 Å². The quantitative estimate of drug-likeness (QED) is 0.590. The fourth-order valence-electron chi connectivity index (χ4n) is 0.612. The van der Waals surface area contributed by atoms with Crippen molar-refractivity contribution in [1.82, 2.24) is 5.32 Å². The van der Waals surface area contributed by atoms with E-state index in [-0.39, 0.29) is 12.4 Å². The maximum absolute atomic E-state index is 10.2. The van der Waals surface area contributed by atoms with Crippen LogP contribution in [0.2, 0.25) is 0 Å². The summed E-state index contributed by atoms with van der Waals surface area (Å²) in [7, 11) is 0. The van der Waals surface area contributed by atoms with Gasteiger partial charge in [-0.05, 0) is 12.3 Å². The van der Waals surface area contributed by atoms with Crippen LogP contribution in [0.5, 0.6) is 0 Å². The second-order valence-corrected chi connectivity index (χ2v) is 1.71. The molecule has 1 heterocycles. The Labute approximate surface area is 64.8 Å². The second-order valence-electron chi connectivity index (χ2n) is 1.71. The highest BCUT2D eigenvalue weighted by atomic mass is 35.5. The first-order chi connectivity index (χ1) is 4.30. The summed E-state index contributed by atoms with van der Waals surface area (Å²) in [5.41, 5.74) is 0.355. The first-order valence-electron chi connectivity index (χ1n) is 2.64. The molecule has 1 rings (SSSR count). The lowest BCUT2D eigenvalue weighted by Gasteiger charge is -2.02. The van der Waals surface area contributed by atoms with Crippen LogP contribution in [-0.2, 0) is 4.79 Å². The number of nitrogens with one attached hydrogen (secondary N) is 1. The highest BCUT2D eigenvalue weighted by molar-refractivity contribution is 5.90. The Bertz CT molecular complexity index is 186. The van der Waals surface area contributed by atoms with Gasteiger partial charge in [-0.25, -0.2) is 4.79 Å². The number of carboxylic acids is 1. The number of hydrogen-bond donors (Lipinski definition) is 2. The number of carbonyl (C=O) groups is 1.